The van der Waals surface area contributed by atoms with Gasteiger partial charge in [-0.1, -0.05) is 59.7 Å². The van der Waals surface area contributed by atoms with Gasteiger partial charge in [-0.05, 0) is 74.1 Å². The summed E-state index contributed by atoms with van der Waals surface area (Å²) in [6, 6.07) is 9.94. The summed E-state index contributed by atoms with van der Waals surface area (Å²) < 4.78 is 14.2. The Bertz CT molecular complexity index is 835. The molecule has 3 rings (SSSR count). The summed E-state index contributed by atoms with van der Waals surface area (Å²) in [6.07, 6.45) is 3.57. The molecule has 1 N–H and O–H groups in total. The number of carbonyl (C=O) groups excluding carboxylic acids is 1. The van der Waals surface area contributed by atoms with Crippen molar-refractivity contribution in [1.29, 1.82) is 0 Å². The van der Waals surface area contributed by atoms with Gasteiger partial charge in [-0.2, -0.15) is 0 Å². The van der Waals surface area contributed by atoms with Crippen LogP contribution in [0.1, 0.15) is 67.2 Å². The van der Waals surface area contributed by atoms with Crippen molar-refractivity contribution >= 4 is 28.1 Å². The number of rotatable bonds is 8. The summed E-state index contributed by atoms with van der Waals surface area (Å²) >= 11 is 0. The van der Waals surface area contributed by atoms with E-state index in [1.807, 2.05) is 30.3 Å². The third-order valence-electron chi connectivity index (χ3n) is 8.71. The molecule has 1 aromatic carbocycles. The van der Waals surface area contributed by atoms with Gasteiger partial charge in [0.1, 0.15) is 0 Å². The third-order valence-corrected chi connectivity index (χ3v) is 17.7. The fourth-order valence-electron chi connectivity index (χ4n) is 4.35. The molecule has 0 radical (unpaired) electrons. The number of ketones is 1. The second-order valence-corrected chi connectivity index (χ2v) is 22.9. The van der Waals surface area contributed by atoms with Crippen molar-refractivity contribution in [3.05, 3.63) is 30.3 Å². The van der Waals surface area contributed by atoms with Crippen molar-refractivity contribution in [1.82, 2.24) is 0 Å². The topological polar surface area (TPSA) is 47.6 Å². The van der Waals surface area contributed by atoms with E-state index in [2.05, 4.69) is 73.0 Å². The zero-order valence-electron chi connectivity index (χ0n) is 22.7. The highest BCUT2D eigenvalue weighted by Gasteiger charge is 2.61. The van der Waals surface area contributed by atoms with E-state index in [9.17, 15) is 4.79 Å². The normalized spacial score (nSPS) is 24.6. The van der Waals surface area contributed by atoms with Crippen molar-refractivity contribution in [2.45, 2.75) is 121 Å². The van der Waals surface area contributed by atoms with Gasteiger partial charge >= 0.3 is 0 Å². The number of nitrogens with one attached hydrogen (secondary N) is 1. The van der Waals surface area contributed by atoms with Gasteiger partial charge in [0.25, 0.3) is 0 Å². The van der Waals surface area contributed by atoms with Crippen molar-refractivity contribution < 1.29 is 13.6 Å². The average Bonchev–Trinajstić information content (AvgIpc) is 3.36. The Hall–Kier alpha value is -0.956. The summed E-state index contributed by atoms with van der Waals surface area (Å²) in [5.41, 5.74) is 0.706. The number of carbonyl (C=O) groups is 1. The van der Waals surface area contributed by atoms with E-state index >= 15 is 0 Å². The van der Waals surface area contributed by atoms with E-state index in [1.54, 1.807) is 0 Å². The van der Waals surface area contributed by atoms with E-state index in [-0.39, 0.29) is 33.7 Å². The van der Waals surface area contributed by atoms with Crippen LogP contribution < -0.4 is 5.32 Å². The molecule has 3 atom stereocenters. The zero-order chi connectivity index (χ0) is 24.9. The highest BCUT2D eigenvalue weighted by atomic mass is 28.4. The number of hydrogen-bond donors (Lipinski definition) is 1. The Balaban J connectivity index is 1.89. The second kappa shape index (κ2) is 8.92. The summed E-state index contributed by atoms with van der Waals surface area (Å²) in [6.45, 7) is 23.0. The molecule has 0 aromatic heterocycles. The molecule has 0 bridgehead atoms. The smallest absolute Gasteiger partial charge is 0.192 e. The van der Waals surface area contributed by atoms with Gasteiger partial charge in [0, 0.05) is 11.6 Å². The minimum absolute atomic E-state index is 0.0850. The van der Waals surface area contributed by atoms with Gasteiger partial charge in [0.2, 0.25) is 0 Å². The Morgan fingerprint density at radius 1 is 0.909 bits per heavy atom. The molecular formula is C27H47NO3Si2. The fourth-order valence-corrected chi connectivity index (χ4v) is 7.36. The van der Waals surface area contributed by atoms with Gasteiger partial charge < -0.3 is 14.2 Å². The van der Waals surface area contributed by atoms with Crippen LogP contribution in [0.25, 0.3) is 0 Å². The van der Waals surface area contributed by atoms with E-state index < -0.39 is 16.6 Å². The lowest BCUT2D eigenvalue weighted by molar-refractivity contribution is -0.127. The maximum Gasteiger partial charge on any atom is 0.192 e. The summed E-state index contributed by atoms with van der Waals surface area (Å²) in [5, 5.41) is 3.70. The molecule has 0 heterocycles. The molecule has 2 aliphatic rings. The highest BCUT2D eigenvalue weighted by molar-refractivity contribution is 6.74. The number of benzene rings is 1. The van der Waals surface area contributed by atoms with Crippen LogP contribution in [0.5, 0.6) is 0 Å². The SMILES string of the molecule is CC(C)(C)[Si](C)(C)OC(C1CCC(Nc2ccccc2)C1=O)C1(O[Si](C)(C)C(C)(C)C)CC1. The molecule has 2 aliphatic carbocycles. The maximum absolute atomic E-state index is 13.8. The van der Waals surface area contributed by atoms with Gasteiger partial charge in [0.05, 0.1) is 17.7 Å². The number of Topliss-reactive ketones (excluding diaryl/α,β-unsaturated/α-hetero) is 1. The summed E-state index contributed by atoms with van der Waals surface area (Å²) in [5.74, 6) is 0.195. The predicted molar refractivity (Wildman–Crippen MR) is 144 cm³/mol. The first kappa shape index (κ1) is 26.6. The van der Waals surface area contributed by atoms with E-state index in [4.69, 9.17) is 8.85 Å². The molecule has 33 heavy (non-hydrogen) atoms. The Labute approximate surface area is 204 Å². The van der Waals surface area contributed by atoms with E-state index in [0.717, 1.165) is 31.4 Å². The van der Waals surface area contributed by atoms with Crippen LogP contribution in [0.3, 0.4) is 0 Å². The first-order valence-corrected chi connectivity index (χ1v) is 18.5. The Morgan fingerprint density at radius 3 is 1.94 bits per heavy atom. The number of anilines is 1. The van der Waals surface area contributed by atoms with E-state index in [1.165, 1.54) is 0 Å². The lowest BCUT2D eigenvalue weighted by atomic mass is 9.93. The van der Waals surface area contributed by atoms with Gasteiger partial charge in [0.15, 0.2) is 22.4 Å². The number of hydrogen-bond acceptors (Lipinski definition) is 4. The molecule has 4 nitrogen and oxygen atoms in total. The maximum atomic E-state index is 13.8. The van der Waals surface area contributed by atoms with Crippen LogP contribution >= 0.6 is 0 Å². The summed E-state index contributed by atoms with van der Waals surface area (Å²) in [4.78, 5) is 13.8. The predicted octanol–water partition coefficient (Wildman–Crippen LogP) is 7.39. The molecule has 2 saturated carbocycles. The largest absolute Gasteiger partial charge is 0.410 e. The molecule has 0 saturated heterocycles. The first-order chi connectivity index (χ1) is 15.0. The molecule has 0 amide bonds. The van der Waals surface area contributed by atoms with Crippen LogP contribution in [0, 0.1) is 5.92 Å². The summed E-state index contributed by atoms with van der Waals surface area (Å²) in [7, 11) is -4.09. The van der Waals surface area contributed by atoms with Crippen molar-refractivity contribution in [3.63, 3.8) is 0 Å². The number of para-hydroxylation sites is 1. The first-order valence-electron chi connectivity index (χ1n) is 12.7. The van der Waals surface area contributed by atoms with Crippen molar-refractivity contribution in [2.75, 3.05) is 5.32 Å². The van der Waals surface area contributed by atoms with Crippen molar-refractivity contribution in [2.24, 2.45) is 5.92 Å². The molecule has 3 unspecified atom stereocenters. The molecule has 6 heteroatoms. The van der Waals surface area contributed by atoms with Gasteiger partial charge in [-0.25, -0.2) is 0 Å². The standard InChI is InChI=1S/C27H47NO3Si2/c1-25(2,3)32(7,8)30-24(27(18-19-27)31-33(9,10)26(4,5)6)21-16-17-22(23(21)29)28-20-14-12-11-13-15-20/h11-15,21-22,24,28H,16-19H2,1-10H3. The zero-order valence-corrected chi connectivity index (χ0v) is 24.7. The van der Waals surface area contributed by atoms with Crippen LogP contribution in [0.2, 0.25) is 36.3 Å². The van der Waals surface area contributed by atoms with Gasteiger partial charge in [-0.15, -0.1) is 0 Å². The molecule has 0 aliphatic heterocycles. The lowest BCUT2D eigenvalue weighted by Gasteiger charge is -2.47. The Kier molecular flexibility index (Phi) is 7.20. The fraction of sp³-hybridized carbons (Fsp3) is 0.741. The molecule has 1 aromatic rings. The molecular weight excluding hydrogens is 442 g/mol. The minimum Gasteiger partial charge on any atom is -0.410 e. The minimum atomic E-state index is -2.09. The van der Waals surface area contributed by atoms with Crippen LogP contribution in [0.15, 0.2) is 30.3 Å². The lowest BCUT2D eigenvalue weighted by Crippen LogP contribution is -2.56. The quantitative estimate of drug-likeness (QED) is 0.387. The monoisotopic (exact) mass is 489 g/mol. The van der Waals surface area contributed by atoms with Crippen LogP contribution in [0.4, 0.5) is 5.69 Å². The molecule has 2 fully saturated rings. The molecule has 0 spiro atoms. The van der Waals surface area contributed by atoms with Crippen LogP contribution in [-0.2, 0) is 13.6 Å². The van der Waals surface area contributed by atoms with Crippen molar-refractivity contribution in [3.8, 4) is 0 Å². The van der Waals surface area contributed by atoms with E-state index in [0.29, 0.717) is 5.78 Å². The highest BCUT2D eigenvalue weighted by Crippen LogP contribution is 2.55. The second-order valence-electron chi connectivity index (χ2n) is 13.4. The molecule has 186 valence electrons. The third kappa shape index (κ3) is 5.66. The van der Waals surface area contributed by atoms with Crippen LogP contribution in [-0.4, -0.2) is 40.2 Å². The Morgan fingerprint density at radius 2 is 1.45 bits per heavy atom. The van der Waals surface area contributed by atoms with Gasteiger partial charge in [-0.3, -0.25) is 4.79 Å². The average molecular weight is 490 g/mol.